The summed E-state index contributed by atoms with van der Waals surface area (Å²) < 4.78 is 5.93. The van der Waals surface area contributed by atoms with Gasteiger partial charge in [-0.1, -0.05) is 6.92 Å². The van der Waals surface area contributed by atoms with Gasteiger partial charge >= 0.3 is 12.1 Å². The van der Waals surface area contributed by atoms with Crippen LogP contribution in [0.3, 0.4) is 0 Å². The Morgan fingerprint density at radius 3 is 2.62 bits per heavy atom. The Labute approximate surface area is 199 Å². The second-order valence-corrected chi connectivity index (χ2v) is 11.0. The Hall–Kier alpha value is -2.84. The van der Waals surface area contributed by atoms with Crippen LogP contribution in [0, 0.1) is 0 Å². The van der Waals surface area contributed by atoms with Gasteiger partial charge in [0.05, 0.1) is 22.2 Å². The Balaban J connectivity index is 1.81. The molecule has 2 aliphatic heterocycles. The number of carboxylic acid groups (broad SMARTS) is 1. The summed E-state index contributed by atoms with van der Waals surface area (Å²) in [5, 5.41) is 13.2. The van der Waals surface area contributed by atoms with Gasteiger partial charge < -0.3 is 15.2 Å². The fourth-order valence-electron chi connectivity index (χ4n) is 6.09. The molecule has 5 rings (SSSR count). The second kappa shape index (κ2) is 7.85. The number of carboxylic acids is 1. The van der Waals surface area contributed by atoms with Crippen LogP contribution in [0.4, 0.5) is 16.3 Å². The summed E-state index contributed by atoms with van der Waals surface area (Å²) in [6.07, 6.45) is 4.65. The van der Waals surface area contributed by atoms with Crippen molar-refractivity contribution in [1.82, 2.24) is 19.8 Å². The number of hydrogen-bond acceptors (Lipinski definition) is 6. The fraction of sp³-hybridized carbons (Fsp3) is 0.538. The largest absolute Gasteiger partial charge is 0.528 e. The summed E-state index contributed by atoms with van der Waals surface area (Å²) in [4.78, 5) is 35.5. The number of benzene rings is 1. The van der Waals surface area contributed by atoms with Crippen LogP contribution in [0.2, 0.25) is 0 Å². The molecule has 2 aromatic rings. The molecule has 3 aliphatic rings. The lowest BCUT2D eigenvalue weighted by atomic mass is 9.74. The van der Waals surface area contributed by atoms with Crippen LogP contribution < -0.4 is 9.80 Å². The third-order valence-corrected chi connectivity index (χ3v) is 7.65. The number of aromatic nitrogens is 2. The second-order valence-electron chi connectivity index (χ2n) is 11.0. The minimum Gasteiger partial charge on any atom is -0.478 e. The number of carbonyl (C=O) groups excluding carboxylic acids is 1. The molecule has 1 saturated heterocycles. The van der Waals surface area contributed by atoms with Gasteiger partial charge in [0.25, 0.3) is 0 Å². The topological polar surface area (TPSA) is 101 Å². The average molecular weight is 466 g/mol. The normalized spacial score (nSPS) is 25.1. The summed E-state index contributed by atoms with van der Waals surface area (Å²) in [6.45, 7) is 9.87. The van der Waals surface area contributed by atoms with E-state index in [4.69, 9.17) is 9.72 Å². The number of quaternary nitrogens is 1. The van der Waals surface area contributed by atoms with Crippen molar-refractivity contribution >= 4 is 23.6 Å². The molecule has 1 aromatic heterocycles. The first kappa shape index (κ1) is 22.9. The molecule has 1 amide bonds. The first-order valence-electron chi connectivity index (χ1n) is 12.1. The smallest absolute Gasteiger partial charge is 0.478 e. The van der Waals surface area contributed by atoms with Crippen LogP contribution in [0.15, 0.2) is 24.5 Å². The van der Waals surface area contributed by atoms with Crippen LogP contribution in [-0.2, 0) is 16.6 Å². The van der Waals surface area contributed by atoms with E-state index in [9.17, 15) is 14.7 Å². The molecule has 34 heavy (non-hydrogen) atoms. The molecule has 0 radical (unpaired) electrons. The zero-order valence-electron chi connectivity index (χ0n) is 20.4. The van der Waals surface area contributed by atoms with Gasteiger partial charge in [-0.05, 0) is 77.6 Å². The van der Waals surface area contributed by atoms with Crippen molar-refractivity contribution in [2.75, 3.05) is 19.6 Å². The maximum Gasteiger partial charge on any atom is 0.528 e. The van der Waals surface area contributed by atoms with Crippen LogP contribution in [-0.4, -0.2) is 52.4 Å². The lowest BCUT2D eigenvalue weighted by Gasteiger charge is -2.37. The molecule has 1 aromatic carbocycles. The summed E-state index contributed by atoms with van der Waals surface area (Å²) in [5.74, 6) is -0.0513. The van der Waals surface area contributed by atoms with Crippen LogP contribution >= 0.6 is 0 Å². The van der Waals surface area contributed by atoms with Gasteiger partial charge in [-0.25, -0.2) is 9.78 Å². The molecule has 8 nitrogen and oxygen atoms in total. The highest BCUT2D eigenvalue weighted by atomic mass is 16.6. The van der Waals surface area contributed by atoms with Crippen molar-refractivity contribution in [1.29, 1.82) is 0 Å². The van der Waals surface area contributed by atoms with E-state index in [1.165, 1.54) is 0 Å². The molecular formula is C26H33N4O4+. The quantitative estimate of drug-likeness (QED) is 0.633. The van der Waals surface area contributed by atoms with Gasteiger partial charge in [0.1, 0.15) is 18.5 Å². The van der Waals surface area contributed by atoms with Gasteiger partial charge in [-0.3, -0.25) is 0 Å². The zero-order valence-corrected chi connectivity index (χ0v) is 20.4. The Kier molecular flexibility index (Phi) is 5.29. The van der Waals surface area contributed by atoms with Gasteiger partial charge in [-0.2, -0.15) is 9.78 Å². The van der Waals surface area contributed by atoms with Gasteiger partial charge in [-0.15, -0.1) is 4.48 Å². The number of piperidine rings is 1. The molecule has 2 atom stereocenters. The van der Waals surface area contributed by atoms with Gasteiger partial charge in [0, 0.05) is 11.6 Å². The van der Waals surface area contributed by atoms with Crippen molar-refractivity contribution in [2.45, 2.75) is 70.3 Å². The van der Waals surface area contributed by atoms with Crippen LogP contribution in [0.5, 0.6) is 0 Å². The number of aromatic carboxylic acids is 1. The van der Waals surface area contributed by atoms with Gasteiger partial charge in [0.2, 0.25) is 5.82 Å². The summed E-state index contributed by atoms with van der Waals surface area (Å²) in [5.41, 5.74) is 2.94. The Morgan fingerprint density at radius 2 is 1.94 bits per heavy atom. The first-order chi connectivity index (χ1) is 16.1. The molecule has 0 saturated carbocycles. The van der Waals surface area contributed by atoms with Crippen LogP contribution in [0.1, 0.15) is 80.1 Å². The van der Waals surface area contributed by atoms with E-state index in [0.29, 0.717) is 12.4 Å². The van der Waals surface area contributed by atoms with Crippen molar-refractivity contribution < 1.29 is 19.4 Å². The summed E-state index contributed by atoms with van der Waals surface area (Å²) in [7, 11) is 0. The molecule has 3 heterocycles. The molecule has 180 valence electrons. The maximum absolute atomic E-state index is 14.3. The highest BCUT2D eigenvalue weighted by Crippen LogP contribution is 2.56. The summed E-state index contributed by atoms with van der Waals surface area (Å²) in [6, 6.07) is 5.19. The molecule has 1 fully saturated rings. The highest BCUT2D eigenvalue weighted by Gasteiger charge is 2.62. The van der Waals surface area contributed by atoms with E-state index < -0.39 is 11.6 Å². The average Bonchev–Trinajstić information content (AvgIpc) is 3.30. The van der Waals surface area contributed by atoms with Gasteiger partial charge in [0.15, 0.2) is 5.69 Å². The molecule has 8 heteroatoms. The molecule has 2 unspecified atom stereocenters. The predicted octanol–water partition coefficient (Wildman–Crippen LogP) is 4.43. The van der Waals surface area contributed by atoms with Crippen molar-refractivity contribution in [3.05, 3.63) is 46.9 Å². The Bertz CT molecular complexity index is 1170. The number of aryl methyl sites for hydroxylation is 1. The number of hydrogen-bond donors (Lipinski definition) is 2. The number of nitrogens with one attached hydrogen (secondary N) is 1. The third kappa shape index (κ3) is 3.43. The molecule has 1 spiro atoms. The number of ether oxygens (including phenoxy) is 1. The monoisotopic (exact) mass is 465 g/mol. The van der Waals surface area contributed by atoms with E-state index in [1.807, 2.05) is 26.8 Å². The van der Waals surface area contributed by atoms with E-state index in [0.717, 1.165) is 61.3 Å². The SMILES string of the molecule is CC1CCc2ncnc([N+]3(C(=O)OC(C)(C)C)CC4(CCNCC4)c4cc(C(=O)O)ccc43)c21. The minimum atomic E-state index is -0.967. The predicted molar refractivity (Wildman–Crippen MR) is 129 cm³/mol. The molecule has 0 bridgehead atoms. The van der Waals surface area contributed by atoms with E-state index in [2.05, 4.69) is 17.2 Å². The molecular weight excluding hydrogens is 432 g/mol. The first-order valence-corrected chi connectivity index (χ1v) is 12.1. The zero-order chi connectivity index (χ0) is 24.3. The van der Waals surface area contributed by atoms with E-state index in [-0.39, 0.29) is 27.5 Å². The summed E-state index contributed by atoms with van der Waals surface area (Å²) >= 11 is 0. The lowest BCUT2D eigenvalue weighted by molar-refractivity contribution is 0.0333. The van der Waals surface area contributed by atoms with Crippen molar-refractivity contribution in [3.8, 4) is 0 Å². The highest BCUT2D eigenvalue weighted by molar-refractivity contribution is 5.96. The van der Waals surface area contributed by atoms with E-state index in [1.54, 1.807) is 18.5 Å². The van der Waals surface area contributed by atoms with E-state index >= 15 is 0 Å². The standard InChI is InChI=1S/C26H32N4O4/c1-16-5-7-19-21(16)22(29-15-28-19)30(24(33)34-25(2,3)4)14-26(9-11-27-12-10-26)18-13-17(23(31)32)6-8-20(18)30/h6,8,13,15-16,27H,5,7,9-12,14H2,1-4H3/p+1. The fourth-order valence-corrected chi connectivity index (χ4v) is 6.09. The third-order valence-electron chi connectivity index (χ3n) is 7.65. The van der Waals surface area contributed by atoms with Crippen molar-refractivity contribution in [3.63, 3.8) is 0 Å². The minimum absolute atomic E-state index is 0.151. The number of fused-ring (bicyclic) bond motifs is 3. The lowest BCUT2D eigenvalue weighted by Crippen LogP contribution is -2.56. The number of amides is 1. The van der Waals surface area contributed by atoms with Crippen LogP contribution in [0.25, 0.3) is 0 Å². The maximum atomic E-state index is 14.3. The number of carbonyl (C=O) groups is 2. The van der Waals surface area contributed by atoms with Crippen molar-refractivity contribution in [2.24, 2.45) is 0 Å². The number of rotatable bonds is 2. The number of nitrogens with zero attached hydrogens (tertiary/aromatic N) is 3. The molecule has 1 aliphatic carbocycles. The molecule has 2 N–H and O–H groups in total. The Morgan fingerprint density at radius 1 is 1.21 bits per heavy atom.